The second-order valence-electron chi connectivity index (χ2n) is 14.4. The number of pyridine rings is 1. The molecular formula is C38H44FN5O2S. The molecule has 5 heterocycles. The highest BCUT2D eigenvalue weighted by Gasteiger charge is 2.50. The van der Waals surface area contributed by atoms with Gasteiger partial charge >= 0.3 is 0 Å². The molecular weight excluding hydrogens is 610 g/mol. The Morgan fingerprint density at radius 3 is 2.62 bits per heavy atom. The number of ether oxygens (including phenoxy) is 1. The summed E-state index contributed by atoms with van der Waals surface area (Å²) in [5.74, 6) is 1.02. The zero-order chi connectivity index (χ0) is 32.1. The smallest absolute Gasteiger partial charge is 0.240 e. The van der Waals surface area contributed by atoms with E-state index in [4.69, 9.17) is 4.74 Å². The topological polar surface area (TPSA) is 53.8 Å². The van der Waals surface area contributed by atoms with E-state index in [0.717, 1.165) is 48.2 Å². The normalized spacial score (nSPS) is 21.6. The summed E-state index contributed by atoms with van der Waals surface area (Å²) in [6, 6.07) is 20.5. The van der Waals surface area contributed by atoms with Gasteiger partial charge in [-0.25, -0.2) is 3.97 Å². The SMILES string of the molecule is CC(C)c1ccccc1[C@@H]1CCCN1C1CC2(CCN(c3ccc(C=O)c(N4CCCOc5nc6c(ccn6SF)cc54)c3)CC2)C1. The fourth-order valence-corrected chi connectivity index (χ4v) is 9.23. The molecule has 4 aliphatic rings. The van der Waals surface area contributed by atoms with Gasteiger partial charge in [0.05, 0.1) is 12.3 Å². The van der Waals surface area contributed by atoms with Crippen LogP contribution in [0.4, 0.5) is 20.9 Å². The van der Waals surface area contributed by atoms with Gasteiger partial charge in [-0.3, -0.25) is 9.69 Å². The van der Waals surface area contributed by atoms with Crippen LogP contribution >= 0.6 is 12.3 Å². The molecule has 0 N–H and O–H groups in total. The van der Waals surface area contributed by atoms with Crippen molar-refractivity contribution in [2.24, 2.45) is 5.41 Å². The minimum Gasteiger partial charge on any atom is -0.476 e. The highest BCUT2D eigenvalue weighted by molar-refractivity contribution is 7.92. The van der Waals surface area contributed by atoms with Gasteiger partial charge in [-0.2, -0.15) is 4.98 Å². The van der Waals surface area contributed by atoms with Crippen LogP contribution < -0.4 is 14.5 Å². The quantitative estimate of drug-likeness (QED) is 0.185. The van der Waals surface area contributed by atoms with Gasteiger partial charge in [0.2, 0.25) is 5.88 Å². The minimum atomic E-state index is 0.125. The third-order valence-corrected chi connectivity index (χ3v) is 11.8. The van der Waals surface area contributed by atoms with Crippen molar-refractivity contribution in [3.63, 3.8) is 0 Å². The first-order valence-corrected chi connectivity index (χ1v) is 18.0. The number of likely N-dealkylation sites (tertiary alicyclic amines) is 1. The van der Waals surface area contributed by atoms with Crippen molar-refractivity contribution in [2.75, 3.05) is 42.6 Å². The molecule has 0 amide bonds. The summed E-state index contributed by atoms with van der Waals surface area (Å²) < 4.78 is 20.9. The fourth-order valence-electron chi connectivity index (χ4n) is 8.91. The van der Waals surface area contributed by atoms with Gasteiger partial charge in [0.25, 0.3) is 0 Å². The first-order valence-electron chi connectivity index (χ1n) is 17.4. The van der Waals surface area contributed by atoms with Gasteiger partial charge in [-0.1, -0.05) is 38.1 Å². The Morgan fingerprint density at radius 2 is 1.83 bits per heavy atom. The van der Waals surface area contributed by atoms with Crippen LogP contribution in [0.25, 0.3) is 11.0 Å². The number of hydrogen-bond donors (Lipinski definition) is 0. The van der Waals surface area contributed by atoms with Gasteiger partial charge in [0, 0.05) is 54.6 Å². The molecule has 47 heavy (non-hydrogen) atoms. The molecule has 1 spiro atoms. The number of benzene rings is 2. The Kier molecular flexibility index (Phi) is 8.16. The Morgan fingerprint density at radius 1 is 1.00 bits per heavy atom. The number of fused-ring (bicyclic) bond motifs is 2. The van der Waals surface area contributed by atoms with E-state index in [9.17, 15) is 8.68 Å². The molecule has 7 nitrogen and oxygen atoms in total. The molecule has 3 fully saturated rings. The number of carbonyl (C=O) groups is 1. The number of aromatic nitrogens is 2. The molecule has 2 aromatic heterocycles. The second kappa shape index (κ2) is 12.5. The monoisotopic (exact) mass is 653 g/mol. The molecule has 2 aromatic carbocycles. The summed E-state index contributed by atoms with van der Waals surface area (Å²) in [7, 11) is 0. The number of rotatable bonds is 7. The van der Waals surface area contributed by atoms with Crippen LogP contribution in [0.1, 0.15) is 92.2 Å². The van der Waals surface area contributed by atoms with Crippen LogP contribution in [-0.2, 0) is 0 Å². The molecule has 0 radical (unpaired) electrons. The molecule has 1 aliphatic carbocycles. The summed E-state index contributed by atoms with van der Waals surface area (Å²) in [5.41, 5.74) is 7.54. The van der Waals surface area contributed by atoms with E-state index < -0.39 is 0 Å². The van der Waals surface area contributed by atoms with Gasteiger partial charge in [-0.15, -0.1) is 3.89 Å². The van der Waals surface area contributed by atoms with Crippen LogP contribution in [0.3, 0.4) is 0 Å². The third-order valence-electron chi connectivity index (χ3n) is 11.4. The van der Waals surface area contributed by atoms with Crippen molar-refractivity contribution in [3.8, 4) is 5.88 Å². The van der Waals surface area contributed by atoms with Crippen LogP contribution in [-0.4, -0.2) is 59.0 Å². The fraction of sp³-hybridized carbons (Fsp3) is 0.474. The Hall–Kier alpha value is -3.56. The van der Waals surface area contributed by atoms with Crippen molar-refractivity contribution in [1.29, 1.82) is 0 Å². The van der Waals surface area contributed by atoms with E-state index in [1.165, 1.54) is 54.6 Å². The lowest BCUT2D eigenvalue weighted by Gasteiger charge is -2.56. The van der Waals surface area contributed by atoms with Crippen molar-refractivity contribution in [1.82, 2.24) is 13.9 Å². The highest BCUT2D eigenvalue weighted by Crippen LogP contribution is 2.54. The number of halogens is 1. The summed E-state index contributed by atoms with van der Waals surface area (Å²) in [5, 5.41) is 0.831. The van der Waals surface area contributed by atoms with E-state index in [1.807, 2.05) is 18.2 Å². The number of piperidine rings is 1. The number of nitrogens with zero attached hydrogens (tertiary/aromatic N) is 5. The van der Waals surface area contributed by atoms with Crippen LogP contribution in [0, 0.1) is 5.41 Å². The largest absolute Gasteiger partial charge is 0.476 e. The van der Waals surface area contributed by atoms with Gasteiger partial charge < -0.3 is 14.5 Å². The predicted octanol–water partition coefficient (Wildman–Crippen LogP) is 8.86. The summed E-state index contributed by atoms with van der Waals surface area (Å²) in [4.78, 5) is 24.5. The molecule has 9 heteroatoms. The maximum Gasteiger partial charge on any atom is 0.240 e. The van der Waals surface area contributed by atoms with Gasteiger partial charge in [0.15, 0.2) is 24.3 Å². The molecule has 1 atom stereocenters. The van der Waals surface area contributed by atoms with E-state index in [2.05, 4.69) is 69.9 Å². The molecule has 0 bridgehead atoms. The summed E-state index contributed by atoms with van der Waals surface area (Å²) in [6.07, 6.45) is 11.0. The van der Waals surface area contributed by atoms with Crippen molar-refractivity contribution < 1.29 is 13.4 Å². The Bertz CT molecular complexity index is 1780. The third kappa shape index (κ3) is 5.49. The Balaban J connectivity index is 0.983. The number of carbonyl (C=O) groups excluding carboxylic acids is 1. The standard InChI is InChI=1S/C38H44FN5O2S/c1-26(2)31-7-3-4-8-32(31)33-9-5-15-42(33)30-23-38(24-30)13-18-41(19-14-38)29-11-10-28(25-45)34(22-29)43-16-6-20-46-37-35(43)21-27-12-17-44(47-39)36(27)40-37/h3-4,7-8,10-12,17,21-22,25-26,30,33H,5-6,9,13-16,18-20,23-24H2,1-2H3/t33-/m0/s1. The summed E-state index contributed by atoms with van der Waals surface area (Å²) in [6.45, 7) is 9.14. The zero-order valence-corrected chi connectivity index (χ0v) is 28.2. The highest BCUT2D eigenvalue weighted by atomic mass is 32.2. The van der Waals surface area contributed by atoms with E-state index in [0.29, 0.717) is 53.7 Å². The van der Waals surface area contributed by atoms with Crippen LogP contribution in [0.15, 0.2) is 60.8 Å². The lowest BCUT2D eigenvalue weighted by molar-refractivity contribution is -0.0227. The lowest BCUT2D eigenvalue weighted by Crippen LogP contribution is -2.55. The van der Waals surface area contributed by atoms with E-state index in [-0.39, 0.29) is 12.3 Å². The van der Waals surface area contributed by atoms with E-state index in [1.54, 1.807) is 11.8 Å². The summed E-state index contributed by atoms with van der Waals surface area (Å²) >= 11 is 0.125. The number of hydrogen-bond acceptors (Lipinski definition) is 7. The number of anilines is 3. The molecule has 1 saturated carbocycles. The predicted molar refractivity (Wildman–Crippen MR) is 189 cm³/mol. The van der Waals surface area contributed by atoms with Crippen molar-refractivity contribution >= 4 is 46.7 Å². The maximum atomic E-state index is 13.5. The minimum absolute atomic E-state index is 0.125. The molecule has 4 aromatic rings. The molecule has 3 aliphatic heterocycles. The first kappa shape index (κ1) is 30.8. The van der Waals surface area contributed by atoms with Crippen molar-refractivity contribution in [2.45, 2.75) is 76.8 Å². The second-order valence-corrected chi connectivity index (χ2v) is 14.9. The average molecular weight is 654 g/mol. The zero-order valence-electron chi connectivity index (χ0n) is 27.4. The van der Waals surface area contributed by atoms with Gasteiger partial charge in [0.1, 0.15) is 5.69 Å². The van der Waals surface area contributed by atoms with Crippen molar-refractivity contribution in [3.05, 3.63) is 77.5 Å². The van der Waals surface area contributed by atoms with Crippen LogP contribution in [0.5, 0.6) is 5.88 Å². The molecule has 8 rings (SSSR count). The Labute approximate surface area is 281 Å². The molecule has 246 valence electrons. The number of aldehydes is 1. The van der Waals surface area contributed by atoms with E-state index >= 15 is 0 Å². The molecule has 2 saturated heterocycles. The molecule has 0 unspecified atom stereocenters. The average Bonchev–Trinajstić information content (AvgIpc) is 3.68. The van der Waals surface area contributed by atoms with Gasteiger partial charge in [-0.05, 0) is 104 Å². The first-order chi connectivity index (χ1) is 23.0. The maximum absolute atomic E-state index is 13.5. The van der Waals surface area contributed by atoms with Crippen LogP contribution in [0.2, 0.25) is 0 Å². The lowest BCUT2D eigenvalue weighted by atomic mass is 9.59.